The summed E-state index contributed by atoms with van der Waals surface area (Å²) in [5.41, 5.74) is 0.680. The van der Waals surface area contributed by atoms with Gasteiger partial charge in [0.1, 0.15) is 17.7 Å². The highest BCUT2D eigenvalue weighted by atomic mass is 19.1. The largest absolute Gasteiger partial charge is 0.378 e. The Morgan fingerprint density at radius 2 is 2.06 bits per heavy atom. The Morgan fingerprint density at radius 1 is 1.29 bits per heavy atom. The first-order chi connectivity index (χ1) is 8.29. The highest BCUT2D eigenvalue weighted by molar-refractivity contribution is 5.49. The molecule has 17 heavy (non-hydrogen) atoms. The van der Waals surface area contributed by atoms with Gasteiger partial charge in [-0.3, -0.25) is 0 Å². The van der Waals surface area contributed by atoms with Crippen LogP contribution in [0.2, 0.25) is 0 Å². The molecule has 0 aliphatic heterocycles. The molecule has 1 N–H and O–H groups in total. The van der Waals surface area contributed by atoms with Crippen LogP contribution in [-0.2, 0) is 6.54 Å². The van der Waals surface area contributed by atoms with Crippen molar-refractivity contribution in [2.45, 2.75) is 6.54 Å². The van der Waals surface area contributed by atoms with Crippen LogP contribution < -0.4 is 5.32 Å². The van der Waals surface area contributed by atoms with Crippen LogP contribution in [0, 0.1) is 17.1 Å². The van der Waals surface area contributed by atoms with Gasteiger partial charge in [0, 0.05) is 18.1 Å². The number of hydrogen-bond acceptors (Lipinski definition) is 4. The fourth-order valence-corrected chi connectivity index (χ4v) is 1.32. The molecule has 0 unspecified atom stereocenters. The van der Waals surface area contributed by atoms with E-state index in [2.05, 4.69) is 15.3 Å². The van der Waals surface area contributed by atoms with E-state index in [1.165, 1.54) is 12.1 Å². The van der Waals surface area contributed by atoms with Crippen molar-refractivity contribution in [3.63, 3.8) is 0 Å². The van der Waals surface area contributed by atoms with Gasteiger partial charge in [-0.05, 0) is 24.3 Å². The van der Waals surface area contributed by atoms with Gasteiger partial charge < -0.3 is 5.32 Å². The van der Waals surface area contributed by atoms with Crippen LogP contribution in [0.5, 0.6) is 0 Å². The zero-order valence-corrected chi connectivity index (χ0v) is 8.89. The molecular weight excluding hydrogens is 219 g/mol. The van der Waals surface area contributed by atoms with E-state index in [0.717, 1.165) is 0 Å². The maximum Gasteiger partial charge on any atom is 0.147 e. The lowest BCUT2D eigenvalue weighted by atomic mass is 10.2. The Balaban J connectivity index is 2.08. The molecule has 5 heteroatoms. The summed E-state index contributed by atoms with van der Waals surface area (Å²) in [5, 5.41) is 11.7. The van der Waals surface area contributed by atoms with E-state index in [4.69, 9.17) is 5.26 Å². The van der Waals surface area contributed by atoms with Crippen LogP contribution in [0.15, 0.2) is 36.7 Å². The third kappa shape index (κ3) is 2.75. The normalized spacial score (nSPS) is 9.65. The fraction of sp³-hybridized carbons (Fsp3) is 0.0833. The third-order valence-electron chi connectivity index (χ3n) is 2.16. The van der Waals surface area contributed by atoms with E-state index in [9.17, 15) is 4.39 Å². The predicted molar refractivity (Wildman–Crippen MR) is 60.5 cm³/mol. The topological polar surface area (TPSA) is 61.6 Å². The lowest BCUT2D eigenvalue weighted by Crippen LogP contribution is -2.03. The standard InChI is InChI=1S/C12H9FN4/c13-11-3-2-10(6-9(11)7-14)17-8-12-15-4-1-5-16-12/h1-6,17H,8H2. The van der Waals surface area contributed by atoms with Gasteiger partial charge in [-0.1, -0.05) is 0 Å². The van der Waals surface area contributed by atoms with Crippen molar-refractivity contribution in [3.05, 3.63) is 53.9 Å². The first-order valence-electron chi connectivity index (χ1n) is 4.99. The van der Waals surface area contributed by atoms with Crippen molar-refractivity contribution >= 4 is 5.69 Å². The van der Waals surface area contributed by atoms with E-state index in [1.807, 2.05) is 0 Å². The van der Waals surface area contributed by atoms with E-state index in [1.54, 1.807) is 30.6 Å². The second-order valence-corrected chi connectivity index (χ2v) is 3.33. The van der Waals surface area contributed by atoms with E-state index in [-0.39, 0.29) is 5.56 Å². The molecule has 0 bridgehead atoms. The SMILES string of the molecule is N#Cc1cc(NCc2ncccn2)ccc1F. The maximum atomic E-state index is 13.1. The van der Waals surface area contributed by atoms with Crippen LogP contribution in [0.1, 0.15) is 11.4 Å². The summed E-state index contributed by atoms with van der Waals surface area (Å²) in [5.74, 6) is 0.115. The fourth-order valence-electron chi connectivity index (χ4n) is 1.32. The van der Waals surface area contributed by atoms with Gasteiger partial charge in [-0.15, -0.1) is 0 Å². The molecule has 84 valence electrons. The summed E-state index contributed by atoms with van der Waals surface area (Å²) < 4.78 is 13.1. The first-order valence-corrected chi connectivity index (χ1v) is 4.99. The minimum atomic E-state index is -0.519. The molecule has 1 aromatic heterocycles. The highest BCUT2D eigenvalue weighted by Crippen LogP contribution is 2.14. The quantitative estimate of drug-likeness (QED) is 0.873. The van der Waals surface area contributed by atoms with Crippen molar-refractivity contribution < 1.29 is 4.39 Å². The van der Waals surface area contributed by atoms with Gasteiger partial charge >= 0.3 is 0 Å². The van der Waals surface area contributed by atoms with Crippen LogP contribution in [0.3, 0.4) is 0 Å². The zero-order valence-electron chi connectivity index (χ0n) is 8.89. The number of nitriles is 1. The van der Waals surface area contributed by atoms with Gasteiger partial charge in [-0.2, -0.15) is 5.26 Å². The smallest absolute Gasteiger partial charge is 0.147 e. The molecule has 0 fully saturated rings. The van der Waals surface area contributed by atoms with Crippen LogP contribution in [-0.4, -0.2) is 9.97 Å². The molecule has 2 aromatic rings. The molecule has 0 aliphatic rings. The number of hydrogen-bond donors (Lipinski definition) is 1. The molecule has 0 amide bonds. The number of rotatable bonds is 3. The van der Waals surface area contributed by atoms with Gasteiger partial charge in [-0.25, -0.2) is 14.4 Å². The van der Waals surface area contributed by atoms with Crippen LogP contribution in [0.4, 0.5) is 10.1 Å². The summed E-state index contributed by atoms with van der Waals surface area (Å²) >= 11 is 0. The molecule has 0 aliphatic carbocycles. The van der Waals surface area contributed by atoms with Crippen LogP contribution in [0.25, 0.3) is 0 Å². The molecule has 0 saturated carbocycles. The van der Waals surface area contributed by atoms with Crippen molar-refractivity contribution in [1.29, 1.82) is 5.26 Å². The summed E-state index contributed by atoms with van der Waals surface area (Å²) in [6.45, 7) is 0.428. The number of nitrogens with one attached hydrogen (secondary N) is 1. The second kappa shape index (κ2) is 5.03. The predicted octanol–water partition coefficient (Wildman–Crippen LogP) is 2.10. The van der Waals surface area contributed by atoms with Gasteiger partial charge in [0.15, 0.2) is 0 Å². The first kappa shape index (κ1) is 11.0. The van der Waals surface area contributed by atoms with Gasteiger partial charge in [0.2, 0.25) is 0 Å². The summed E-state index contributed by atoms with van der Waals surface area (Å²) in [4.78, 5) is 8.08. The molecule has 0 radical (unpaired) electrons. The molecule has 0 atom stereocenters. The molecular formula is C12H9FN4. The minimum Gasteiger partial charge on any atom is -0.378 e. The lowest BCUT2D eigenvalue weighted by molar-refractivity contribution is 0.624. The molecule has 1 heterocycles. The molecule has 0 spiro atoms. The number of halogens is 1. The highest BCUT2D eigenvalue weighted by Gasteiger charge is 2.02. The lowest BCUT2D eigenvalue weighted by Gasteiger charge is -2.05. The van der Waals surface area contributed by atoms with E-state index >= 15 is 0 Å². The van der Waals surface area contributed by atoms with Crippen molar-refractivity contribution in [3.8, 4) is 6.07 Å². The Kier molecular flexibility index (Phi) is 3.26. The van der Waals surface area contributed by atoms with Gasteiger partial charge in [0.25, 0.3) is 0 Å². The molecule has 2 rings (SSSR count). The Bertz CT molecular complexity index is 548. The summed E-state index contributed by atoms with van der Waals surface area (Å²) in [6, 6.07) is 7.80. The Morgan fingerprint density at radius 3 is 2.76 bits per heavy atom. The summed E-state index contributed by atoms with van der Waals surface area (Å²) in [6.07, 6.45) is 3.30. The average Bonchev–Trinajstić information content (AvgIpc) is 2.39. The molecule has 0 saturated heterocycles. The zero-order chi connectivity index (χ0) is 12.1. The van der Waals surface area contributed by atoms with Crippen molar-refractivity contribution in [2.24, 2.45) is 0 Å². The number of nitrogens with zero attached hydrogens (tertiary/aromatic N) is 3. The molecule has 1 aromatic carbocycles. The van der Waals surface area contributed by atoms with E-state index < -0.39 is 5.82 Å². The molecule has 4 nitrogen and oxygen atoms in total. The average molecular weight is 228 g/mol. The van der Waals surface area contributed by atoms with Crippen LogP contribution >= 0.6 is 0 Å². The van der Waals surface area contributed by atoms with Crippen molar-refractivity contribution in [2.75, 3.05) is 5.32 Å². The second-order valence-electron chi connectivity index (χ2n) is 3.33. The number of aromatic nitrogens is 2. The Labute approximate surface area is 97.8 Å². The van der Waals surface area contributed by atoms with E-state index in [0.29, 0.717) is 18.1 Å². The van der Waals surface area contributed by atoms with Gasteiger partial charge in [0.05, 0.1) is 12.1 Å². The maximum absolute atomic E-state index is 13.1. The third-order valence-corrected chi connectivity index (χ3v) is 2.16. The number of anilines is 1. The summed E-state index contributed by atoms with van der Waals surface area (Å²) in [7, 11) is 0. The Hall–Kier alpha value is -2.48. The minimum absolute atomic E-state index is 0.0176. The monoisotopic (exact) mass is 228 g/mol. The number of benzene rings is 1. The van der Waals surface area contributed by atoms with Crippen molar-refractivity contribution in [1.82, 2.24) is 9.97 Å².